The fourth-order valence-corrected chi connectivity index (χ4v) is 2.35. The van der Waals surface area contributed by atoms with Crippen molar-refractivity contribution in [2.24, 2.45) is 5.92 Å². The zero-order valence-electron chi connectivity index (χ0n) is 11.7. The van der Waals surface area contributed by atoms with Gasteiger partial charge in [0, 0.05) is 17.7 Å². The third kappa shape index (κ3) is 4.60. The Hall–Kier alpha value is -0.570. The van der Waals surface area contributed by atoms with E-state index in [4.69, 9.17) is 16.3 Å². The number of hydrogen-bond acceptors (Lipinski definition) is 2. The van der Waals surface area contributed by atoms with Gasteiger partial charge in [-0.3, -0.25) is 0 Å². The van der Waals surface area contributed by atoms with Gasteiger partial charge in [0.15, 0.2) is 0 Å². The summed E-state index contributed by atoms with van der Waals surface area (Å²) in [5, 5.41) is 4.16. The molecule has 1 rings (SSSR count). The minimum Gasteiger partial charge on any atom is -0.377 e. The molecule has 3 heteroatoms. The topological polar surface area (TPSA) is 21.3 Å². The van der Waals surface area contributed by atoms with Crippen LogP contribution in [0.5, 0.6) is 0 Å². The molecule has 0 spiro atoms. The molecule has 0 heterocycles. The first-order valence-corrected chi connectivity index (χ1v) is 6.99. The van der Waals surface area contributed by atoms with Crippen molar-refractivity contribution in [2.45, 2.75) is 39.3 Å². The summed E-state index contributed by atoms with van der Waals surface area (Å²) >= 11 is 5.90. The number of nitrogens with one attached hydrogen (secondary N) is 1. The predicted molar refractivity (Wildman–Crippen MR) is 78.3 cm³/mol. The van der Waals surface area contributed by atoms with Crippen LogP contribution in [0.2, 0.25) is 5.02 Å². The van der Waals surface area contributed by atoms with E-state index in [9.17, 15) is 0 Å². The number of likely N-dealkylation sites (N-methyl/N-ethyl adjacent to an activating group) is 1. The van der Waals surface area contributed by atoms with E-state index in [-0.39, 0.29) is 6.10 Å². The molecule has 2 atom stereocenters. The molecule has 0 amide bonds. The van der Waals surface area contributed by atoms with Gasteiger partial charge in [0.25, 0.3) is 0 Å². The molecule has 1 N–H and O–H groups in total. The highest BCUT2D eigenvalue weighted by Gasteiger charge is 2.23. The van der Waals surface area contributed by atoms with Crippen LogP contribution in [0.1, 0.15) is 26.3 Å². The summed E-state index contributed by atoms with van der Waals surface area (Å²) in [5.74, 6) is 0.495. The summed E-state index contributed by atoms with van der Waals surface area (Å²) < 4.78 is 5.86. The minimum atomic E-state index is 0.232. The normalized spacial score (nSPS) is 14.8. The summed E-state index contributed by atoms with van der Waals surface area (Å²) in [6.07, 6.45) is 1.19. The van der Waals surface area contributed by atoms with E-state index in [1.165, 1.54) is 5.56 Å². The molecule has 0 radical (unpaired) electrons. The molecule has 0 fully saturated rings. The van der Waals surface area contributed by atoms with Gasteiger partial charge in [-0.15, -0.1) is 0 Å². The first-order chi connectivity index (χ1) is 8.58. The van der Waals surface area contributed by atoms with Gasteiger partial charge < -0.3 is 10.1 Å². The van der Waals surface area contributed by atoms with Gasteiger partial charge in [-0.2, -0.15) is 0 Å². The molecule has 0 saturated carbocycles. The van der Waals surface area contributed by atoms with Crippen LogP contribution in [0.25, 0.3) is 0 Å². The second-order valence-corrected chi connectivity index (χ2v) is 5.33. The highest BCUT2D eigenvalue weighted by atomic mass is 35.5. The van der Waals surface area contributed by atoms with Crippen LogP contribution < -0.4 is 5.32 Å². The van der Waals surface area contributed by atoms with E-state index in [0.717, 1.165) is 18.1 Å². The van der Waals surface area contributed by atoms with Crippen molar-refractivity contribution >= 4 is 11.6 Å². The average molecular weight is 270 g/mol. The lowest BCUT2D eigenvalue weighted by molar-refractivity contribution is 0.00535. The second kappa shape index (κ2) is 7.78. The van der Waals surface area contributed by atoms with E-state index in [0.29, 0.717) is 12.0 Å². The Balaban J connectivity index is 2.72. The highest BCUT2D eigenvalue weighted by Crippen LogP contribution is 2.17. The first-order valence-electron chi connectivity index (χ1n) is 6.61. The molecule has 2 unspecified atom stereocenters. The summed E-state index contributed by atoms with van der Waals surface area (Å²) in [6.45, 7) is 7.20. The highest BCUT2D eigenvalue weighted by molar-refractivity contribution is 6.30. The van der Waals surface area contributed by atoms with Crippen LogP contribution in [0.3, 0.4) is 0 Å². The minimum absolute atomic E-state index is 0.232. The zero-order valence-corrected chi connectivity index (χ0v) is 12.5. The molecular formula is C15H24ClNO. The van der Waals surface area contributed by atoms with Crippen LogP contribution in [0.4, 0.5) is 0 Å². The van der Waals surface area contributed by atoms with Crippen LogP contribution in [-0.4, -0.2) is 25.8 Å². The molecule has 0 aliphatic rings. The SMILES string of the molecule is CCOC(C(C)C)C(Cc1ccc(Cl)cc1)NC. The van der Waals surface area contributed by atoms with Gasteiger partial charge >= 0.3 is 0 Å². The Kier molecular flexibility index (Phi) is 6.69. The van der Waals surface area contributed by atoms with Crippen molar-refractivity contribution in [3.8, 4) is 0 Å². The number of hydrogen-bond donors (Lipinski definition) is 1. The van der Waals surface area contributed by atoms with Crippen molar-refractivity contribution < 1.29 is 4.74 Å². The van der Waals surface area contributed by atoms with E-state index in [2.05, 4.69) is 31.3 Å². The molecule has 0 aliphatic carbocycles. The fraction of sp³-hybridized carbons (Fsp3) is 0.600. The molecule has 2 nitrogen and oxygen atoms in total. The standard InChI is InChI=1S/C15H24ClNO/c1-5-18-15(11(2)3)14(17-4)10-12-6-8-13(16)9-7-12/h6-9,11,14-15,17H,5,10H2,1-4H3. The largest absolute Gasteiger partial charge is 0.377 e. The third-order valence-electron chi connectivity index (χ3n) is 3.15. The third-order valence-corrected chi connectivity index (χ3v) is 3.40. The van der Waals surface area contributed by atoms with Crippen LogP contribution >= 0.6 is 11.6 Å². The smallest absolute Gasteiger partial charge is 0.0753 e. The quantitative estimate of drug-likeness (QED) is 0.818. The predicted octanol–water partition coefficient (Wildman–Crippen LogP) is 3.53. The van der Waals surface area contributed by atoms with Gasteiger partial charge in [-0.05, 0) is 44.0 Å². The van der Waals surface area contributed by atoms with Crippen LogP contribution in [-0.2, 0) is 11.2 Å². The van der Waals surface area contributed by atoms with Crippen LogP contribution in [0, 0.1) is 5.92 Å². The Morgan fingerprint density at radius 3 is 2.28 bits per heavy atom. The molecule has 0 aliphatic heterocycles. The van der Waals surface area contributed by atoms with E-state index in [1.807, 2.05) is 26.1 Å². The number of ether oxygens (including phenoxy) is 1. The average Bonchev–Trinajstić information content (AvgIpc) is 2.35. The Morgan fingerprint density at radius 2 is 1.83 bits per heavy atom. The van der Waals surface area contributed by atoms with Crippen molar-refractivity contribution in [1.29, 1.82) is 0 Å². The summed E-state index contributed by atoms with van der Waals surface area (Å²) in [4.78, 5) is 0. The second-order valence-electron chi connectivity index (χ2n) is 4.89. The lowest BCUT2D eigenvalue weighted by Crippen LogP contribution is -2.44. The molecular weight excluding hydrogens is 246 g/mol. The maximum Gasteiger partial charge on any atom is 0.0753 e. The summed E-state index contributed by atoms with van der Waals surface area (Å²) in [7, 11) is 2.00. The molecule has 18 heavy (non-hydrogen) atoms. The summed E-state index contributed by atoms with van der Waals surface area (Å²) in [5.41, 5.74) is 1.28. The van der Waals surface area contributed by atoms with Gasteiger partial charge in [0.05, 0.1) is 6.10 Å². The van der Waals surface area contributed by atoms with Gasteiger partial charge in [-0.25, -0.2) is 0 Å². The molecule has 0 saturated heterocycles. The first kappa shape index (κ1) is 15.5. The van der Waals surface area contributed by atoms with E-state index < -0.39 is 0 Å². The van der Waals surface area contributed by atoms with Crippen LogP contribution in [0.15, 0.2) is 24.3 Å². The van der Waals surface area contributed by atoms with Crippen molar-refractivity contribution in [3.63, 3.8) is 0 Å². The zero-order chi connectivity index (χ0) is 13.5. The van der Waals surface area contributed by atoms with Crippen molar-refractivity contribution in [3.05, 3.63) is 34.9 Å². The number of halogens is 1. The van der Waals surface area contributed by atoms with Crippen molar-refractivity contribution in [2.75, 3.05) is 13.7 Å². The van der Waals surface area contributed by atoms with E-state index in [1.54, 1.807) is 0 Å². The van der Waals surface area contributed by atoms with Crippen molar-refractivity contribution in [1.82, 2.24) is 5.32 Å². The molecule has 0 bridgehead atoms. The maximum absolute atomic E-state index is 5.90. The van der Waals surface area contributed by atoms with E-state index >= 15 is 0 Å². The fourth-order valence-electron chi connectivity index (χ4n) is 2.22. The number of rotatable bonds is 7. The van der Waals surface area contributed by atoms with Gasteiger partial charge in [0.2, 0.25) is 0 Å². The van der Waals surface area contributed by atoms with Gasteiger partial charge in [0.1, 0.15) is 0 Å². The lowest BCUT2D eigenvalue weighted by Gasteiger charge is -2.30. The Morgan fingerprint density at radius 1 is 1.22 bits per heavy atom. The summed E-state index contributed by atoms with van der Waals surface area (Å²) in [6, 6.07) is 8.36. The van der Waals surface area contributed by atoms with Gasteiger partial charge in [-0.1, -0.05) is 37.6 Å². The molecule has 102 valence electrons. The Labute approximate surface area is 116 Å². The lowest BCUT2D eigenvalue weighted by atomic mass is 9.94. The Bertz CT molecular complexity index is 337. The monoisotopic (exact) mass is 269 g/mol. The molecule has 1 aromatic rings. The molecule has 1 aromatic carbocycles. The molecule has 0 aromatic heterocycles. The maximum atomic E-state index is 5.90. The number of benzene rings is 1.